The minimum atomic E-state index is -0.491. The van der Waals surface area contributed by atoms with E-state index in [2.05, 4.69) is 10.5 Å². The predicted molar refractivity (Wildman–Crippen MR) is 95.8 cm³/mol. The fourth-order valence-corrected chi connectivity index (χ4v) is 3.43. The molecule has 1 aromatic carbocycles. The molecule has 0 unspecified atom stereocenters. The first-order valence-corrected chi connectivity index (χ1v) is 9.40. The second-order valence-corrected chi connectivity index (χ2v) is 7.31. The first kappa shape index (κ1) is 17.7. The fraction of sp³-hybridized carbons (Fsp3) is 0.450. The summed E-state index contributed by atoms with van der Waals surface area (Å²) in [4.78, 5) is 26.3. The van der Waals surface area contributed by atoms with E-state index in [0.717, 1.165) is 31.4 Å². The Balaban J connectivity index is 1.25. The lowest BCUT2D eigenvalue weighted by Gasteiger charge is -2.32. The van der Waals surface area contributed by atoms with Crippen molar-refractivity contribution in [3.63, 3.8) is 0 Å². The lowest BCUT2D eigenvalue weighted by atomic mass is 9.96. The molecular weight excluding hydrogens is 349 g/mol. The van der Waals surface area contributed by atoms with Gasteiger partial charge in [0.25, 0.3) is 11.8 Å². The van der Waals surface area contributed by atoms with Crippen molar-refractivity contribution in [1.29, 1.82) is 0 Å². The first-order valence-electron chi connectivity index (χ1n) is 9.40. The van der Waals surface area contributed by atoms with Crippen LogP contribution in [0.1, 0.15) is 58.2 Å². The summed E-state index contributed by atoms with van der Waals surface area (Å²) >= 11 is 0. The van der Waals surface area contributed by atoms with Gasteiger partial charge in [-0.3, -0.25) is 9.59 Å². The zero-order chi connectivity index (χ0) is 18.8. The van der Waals surface area contributed by atoms with Gasteiger partial charge in [-0.25, -0.2) is 4.39 Å². The molecule has 27 heavy (non-hydrogen) atoms. The van der Waals surface area contributed by atoms with Crippen LogP contribution in [0.2, 0.25) is 0 Å². The maximum absolute atomic E-state index is 13.8. The normalized spacial score (nSPS) is 17.7. The molecule has 6 nitrogen and oxygen atoms in total. The number of rotatable bonds is 5. The van der Waals surface area contributed by atoms with Gasteiger partial charge in [-0.05, 0) is 43.7 Å². The Morgan fingerprint density at radius 1 is 1.19 bits per heavy atom. The summed E-state index contributed by atoms with van der Waals surface area (Å²) in [6, 6.07) is 7.77. The number of amides is 2. The van der Waals surface area contributed by atoms with Crippen molar-refractivity contribution in [2.45, 2.75) is 31.6 Å². The van der Waals surface area contributed by atoms with Gasteiger partial charge in [0, 0.05) is 31.6 Å². The van der Waals surface area contributed by atoms with E-state index in [-0.39, 0.29) is 23.3 Å². The minimum Gasteiger partial charge on any atom is -0.360 e. The van der Waals surface area contributed by atoms with Crippen LogP contribution in [0.25, 0.3) is 0 Å². The highest BCUT2D eigenvalue weighted by Gasteiger charge is 2.29. The Hall–Kier alpha value is -2.70. The summed E-state index contributed by atoms with van der Waals surface area (Å²) < 4.78 is 19.0. The molecule has 1 saturated heterocycles. The molecule has 0 bridgehead atoms. The van der Waals surface area contributed by atoms with Crippen LogP contribution in [-0.2, 0) is 0 Å². The molecule has 0 atom stereocenters. The van der Waals surface area contributed by atoms with Crippen molar-refractivity contribution in [3.05, 3.63) is 53.2 Å². The van der Waals surface area contributed by atoms with E-state index in [4.69, 9.17) is 4.52 Å². The van der Waals surface area contributed by atoms with Crippen molar-refractivity contribution in [2.24, 2.45) is 5.92 Å². The van der Waals surface area contributed by atoms with Gasteiger partial charge in [0.2, 0.25) is 0 Å². The summed E-state index contributed by atoms with van der Waals surface area (Å²) in [5.41, 5.74) is 0.436. The minimum absolute atomic E-state index is 0.113. The summed E-state index contributed by atoms with van der Waals surface area (Å²) in [5.74, 6) is 0.514. The molecule has 4 rings (SSSR count). The maximum atomic E-state index is 13.8. The number of benzene rings is 1. The van der Waals surface area contributed by atoms with E-state index in [1.165, 1.54) is 12.1 Å². The van der Waals surface area contributed by atoms with Gasteiger partial charge in [-0.1, -0.05) is 17.3 Å². The number of piperidine rings is 1. The second-order valence-electron chi connectivity index (χ2n) is 7.31. The van der Waals surface area contributed by atoms with Crippen LogP contribution >= 0.6 is 0 Å². The molecule has 2 amide bonds. The number of likely N-dealkylation sites (tertiary alicyclic amines) is 1. The number of hydrogen-bond donors (Lipinski definition) is 1. The van der Waals surface area contributed by atoms with Crippen LogP contribution in [0.3, 0.4) is 0 Å². The highest BCUT2D eigenvalue weighted by Crippen LogP contribution is 2.40. The third-order valence-corrected chi connectivity index (χ3v) is 5.30. The zero-order valence-corrected chi connectivity index (χ0v) is 15.0. The molecule has 2 fully saturated rings. The molecule has 2 aliphatic rings. The van der Waals surface area contributed by atoms with Crippen molar-refractivity contribution in [3.8, 4) is 0 Å². The number of carbonyl (C=O) groups excluding carboxylic acids is 2. The van der Waals surface area contributed by atoms with E-state index in [9.17, 15) is 14.0 Å². The number of hydrogen-bond acceptors (Lipinski definition) is 4. The monoisotopic (exact) mass is 371 g/mol. The first-order chi connectivity index (χ1) is 13.1. The van der Waals surface area contributed by atoms with Crippen LogP contribution in [0.5, 0.6) is 0 Å². The maximum Gasteiger partial charge on any atom is 0.273 e. The Labute approximate surface area is 156 Å². The highest BCUT2D eigenvalue weighted by molar-refractivity contribution is 5.94. The Morgan fingerprint density at radius 3 is 2.63 bits per heavy atom. The largest absolute Gasteiger partial charge is 0.360 e. The molecule has 1 aliphatic carbocycles. The Bertz CT molecular complexity index is 839. The third kappa shape index (κ3) is 4.02. The quantitative estimate of drug-likeness (QED) is 0.877. The SMILES string of the molecule is O=C(NCC1CCN(C(=O)c2ccccc2F)CC1)c1cc(C2CC2)on1. The van der Waals surface area contributed by atoms with Crippen molar-refractivity contribution < 1.29 is 18.5 Å². The summed E-state index contributed by atoms with van der Waals surface area (Å²) in [6.45, 7) is 1.65. The molecule has 142 valence electrons. The van der Waals surface area contributed by atoms with Gasteiger partial charge in [0.1, 0.15) is 11.6 Å². The average molecular weight is 371 g/mol. The van der Waals surface area contributed by atoms with Crippen molar-refractivity contribution in [2.75, 3.05) is 19.6 Å². The lowest BCUT2D eigenvalue weighted by molar-refractivity contribution is 0.0679. The summed E-state index contributed by atoms with van der Waals surface area (Å²) in [6.07, 6.45) is 3.74. The van der Waals surface area contributed by atoms with E-state index in [1.54, 1.807) is 23.1 Å². The lowest BCUT2D eigenvalue weighted by Crippen LogP contribution is -2.41. The van der Waals surface area contributed by atoms with Gasteiger partial charge in [-0.15, -0.1) is 0 Å². The van der Waals surface area contributed by atoms with Crippen molar-refractivity contribution in [1.82, 2.24) is 15.4 Å². The fourth-order valence-electron chi connectivity index (χ4n) is 3.43. The highest BCUT2D eigenvalue weighted by atomic mass is 19.1. The van der Waals surface area contributed by atoms with Gasteiger partial charge < -0.3 is 14.7 Å². The van der Waals surface area contributed by atoms with Crippen LogP contribution in [0.4, 0.5) is 4.39 Å². The Morgan fingerprint density at radius 2 is 1.93 bits per heavy atom. The van der Waals surface area contributed by atoms with Crippen LogP contribution in [0.15, 0.2) is 34.9 Å². The Kier molecular flexibility index (Phi) is 4.92. The smallest absolute Gasteiger partial charge is 0.273 e. The van der Waals surface area contributed by atoms with Gasteiger partial charge in [-0.2, -0.15) is 0 Å². The van der Waals surface area contributed by atoms with Crippen LogP contribution in [-0.4, -0.2) is 41.5 Å². The predicted octanol–water partition coefficient (Wildman–Crippen LogP) is 2.97. The molecule has 1 aliphatic heterocycles. The molecule has 1 N–H and O–H groups in total. The number of carbonyl (C=O) groups is 2. The molecule has 0 radical (unpaired) electrons. The molecule has 7 heteroatoms. The summed E-state index contributed by atoms with van der Waals surface area (Å²) in [7, 11) is 0. The third-order valence-electron chi connectivity index (χ3n) is 5.30. The van der Waals surface area contributed by atoms with Crippen molar-refractivity contribution >= 4 is 11.8 Å². The molecular formula is C20H22FN3O3. The number of aromatic nitrogens is 1. The van der Waals surface area contributed by atoms with Gasteiger partial charge >= 0.3 is 0 Å². The summed E-state index contributed by atoms with van der Waals surface area (Å²) in [5, 5.41) is 6.74. The topological polar surface area (TPSA) is 75.4 Å². The molecule has 1 aromatic heterocycles. The number of nitrogens with zero attached hydrogens (tertiary/aromatic N) is 2. The van der Waals surface area contributed by atoms with E-state index >= 15 is 0 Å². The molecule has 2 heterocycles. The molecule has 1 saturated carbocycles. The second kappa shape index (κ2) is 7.50. The number of nitrogens with one attached hydrogen (secondary N) is 1. The van der Waals surface area contributed by atoms with Crippen LogP contribution < -0.4 is 5.32 Å². The molecule has 2 aromatic rings. The van der Waals surface area contributed by atoms with Gasteiger partial charge in [0.05, 0.1) is 5.56 Å². The number of halogens is 1. The zero-order valence-electron chi connectivity index (χ0n) is 15.0. The van der Waals surface area contributed by atoms with Crippen LogP contribution in [0, 0.1) is 11.7 Å². The van der Waals surface area contributed by atoms with Gasteiger partial charge in [0.15, 0.2) is 5.69 Å². The molecule has 0 spiro atoms. The van der Waals surface area contributed by atoms with E-state index in [0.29, 0.717) is 31.2 Å². The van der Waals surface area contributed by atoms with E-state index in [1.807, 2.05) is 0 Å². The average Bonchev–Trinajstić information content (AvgIpc) is 3.43. The van der Waals surface area contributed by atoms with E-state index < -0.39 is 5.82 Å². The standard InChI is InChI=1S/C20H22FN3O3/c21-16-4-2-1-3-15(16)20(26)24-9-7-13(8-10-24)12-22-19(25)17-11-18(27-23-17)14-5-6-14/h1-4,11,13-14H,5-10,12H2,(H,22,25).